The van der Waals surface area contributed by atoms with E-state index >= 15 is 0 Å². The third-order valence-corrected chi connectivity index (χ3v) is 3.63. The summed E-state index contributed by atoms with van der Waals surface area (Å²) in [6.45, 7) is 4.74. The molecule has 0 heterocycles. The molecule has 1 aliphatic rings. The molecular weight excluding hydrogens is 218 g/mol. The second-order valence-electron chi connectivity index (χ2n) is 5.42. The Kier molecular flexibility index (Phi) is 4.78. The molecule has 0 saturated heterocycles. The molecule has 4 N–H and O–H groups in total. The number of rotatable bonds is 4. The van der Waals surface area contributed by atoms with Crippen LogP contribution in [0.1, 0.15) is 46.0 Å². The van der Waals surface area contributed by atoms with E-state index in [1.54, 1.807) is 0 Å². The minimum absolute atomic E-state index is 0.0823. The molecule has 0 bridgehead atoms. The second-order valence-corrected chi connectivity index (χ2v) is 5.42. The van der Waals surface area contributed by atoms with Gasteiger partial charge in [-0.1, -0.05) is 31.8 Å². The number of amidine groups is 1. The fraction of sp³-hybridized carbons (Fsp3) is 0.833. The summed E-state index contributed by atoms with van der Waals surface area (Å²) in [5, 5.41) is 14.1. The maximum absolute atomic E-state index is 12.0. The Morgan fingerprint density at radius 1 is 1.53 bits per heavy atom. The van der Waals surface area contributed by atoms with E-state index in [2.05, 4.69) is 24.3 Å². The molecule has 1 aliphatic carbocycles. The first-order chi connectivity index (χ1) is 7.97. The fourth-order valence-corrected chi connectivity index (χ4v) is 2.47. The first kappa shape index (κ1) is 13.8. The smallest absolute Gasteiger partial charge is 0.223 e. The van der Waals surface area contributed by atoms with Crippen LogP contribution in [-0.4, -0.2) is 23.5 Å². The summed E-state index contributed by atoms with van der Waals surface area (Å²) >= 11 is 0. The molecule has 1 amide bonds. The lowest BCUT2D eigenvalue weighted by Crippen LogP contribution is -2.41. The summed E-state index contributed by atoms with van der Waals surface area (Å²) in [6, 6.07) is 0. The summed E-state index contributed by atoms with van der Waals surface area (Å²) in [7, 11) is 0. The summed E-state index contributed by atoms with van der Waals surface area (Å²) in [5.74, 6) is 0.331. The molecule has 1 saturated carbocycles. The van der Waals surface area contributed by atoms with Gasteiger partial charge in [-0.25, -0.2) is 0 Å². The van der Waals surface area contributed by atoms with Gasteiger partial charge in [0.1, 0.15) is 5.84 Å². The summed E-state index contributed by atoms with van der Waals surface area (Å²) in [4.78, 5) is 12.0. The van der Waals surface area contributed by atoms with Gasteiger partial charge in [0.2, 0.25) is 5.91 Å². The van der Waals surface area contributed by atoms with E-state index in [-0.39, 0.29) is 23.1 Å². The molecule has 1 fully saturated rings. The fourth-order valence-electron chi connectivity index (χ4n) is 2.47. The lowest BCUT2D eigenvalue weighted by atomic mass is 9.68. The predicted molar refractivity (Wildman–Crippen MR) is 66.8 cm³/mol. The zero-order valence-electron chi connectivity index (χ0n) is 10.7. The lowest BCUT2D eigenvalue weighted by Gasteiger charge is -2.37. The van der Waals surface area contributed by atoms with Crippen molar-refractivity contribution >= 4 is 11.7 Å². The van der Waals surface area contributed by atoms with Crippen LogP contribution in [-0.2, 0) is 4.79 Å². The molecule has 98 valence electrons. The van der Waals surface area contributed by atoms with Crippen molar-refractivity contribution in [1.82, 2.24) is 5.32 Å². The third-order valence-electron chi connectivity index (χ3n) is 3.63. The van der Waals surface area contributed by atoms with Crippen molar-refractivity contribution in [2.75, 3.05) is 6.54 Å². The van der Waals surface area contributed by atoms with Gasteiger partial charge in [0, 0.05) is 18.9 Å². The van der Waals surface area contributed by atoms with Gasteiger partial charge in [-0.05, 0) is 18.3 Å². The van der Waals surface area contributed by atoms with Crippen LogP contribution >= 0.6 is 0 Å². The first-order valence-corrected chi connectivity index (χ1v) is 6.21. The van der Waals surface area contributed by atoms with Crippen LogP contribution in [0, 0.1) is 11.3 Å². The lowest BCUT2D eigenvalue weighted by molar-refractivity contribution is -0.130. The molecule has 0 spiro atoms. The first-order valence-electron chi connectivity index (χ1n) is 6.21. The van der Waals surface area contributed by atoms with Gasteiger partial charge >= 0.3 is 0 Å². The second kappa shape index (κ2) is 5.89. The van der Waals surface area contributed by atoms with Gasteiger partial charge in [0.05, 0.1) is 0 Å². The number of carbonyl (C=O) groups is 1. The largest absolute Gasteiger partial charge is 0.409 e. The predicted octanol–water partition coefficient (Wildman–Crippen LogP) is 1.46. The van der Waals surface area contributed by atoms with Crippen LogP contribution in [0.15, 0.2) is 5.16 Å². The average Bonchev–Trinajstić information content (AvgIpc) is 2.27. The molecular formula is C12H23N3O2. The van der Waals surface area contributed by atoms with Gasteiger partial charge < -0.3 is 16.3 Å². The highest BCUT2D eigenvalue weighted by atomic mass is 16.4. The van der Waals surface area contributed by atoms with Gasteiger partial charge in [-0.2, -0.15) is 0 Å². The van der Waals surface area contributed by atoms with E-state index in [1.807, 2.05) is 0 Å². The number of hydrogen-bond donors (Lipinski definition) is 3. The molecule has 5 nitrogen and oxygen atoms in total. The van der Waals surface area contributed by atoms with Gasteiger partial charge in [0.25, 0.3) is 0 Å². The summed E-state index contributed by atoms with van der Waals surface area (Å²) in [6.07, 6.45) is 4.78. The van der Waals surface area contributed by atoms with Crippen LogP contribution < -0.4 is 11.1 Å². The molecule has 1 unspecified atom stereocenters. The number of oxime groups is 1. The highest BCUT2D eigenvalue weighted by Crippen LogP contribution is 2.40. The van der Waals surface area contributed by atoms with Crippen LogP contribution in [0.4, 0.5) is 0 Å². The number of nitrogens with zero attached hydrogens (tertiary/aromatic N) is 1. The van der Waals surface area contributed by atoms with Crippen molar-refractivity contribution in [1.29, 1.82) is 0 Å². The Hall–Kier alpha value is -1.26. The highest BCUT2D eigenvalue weighted by Gasteiger charge is 2.36. The van der Waals surface area contributed by atoms with Crippen molar-refractivity contribution in [2.45, 2.75) is 46.0 Å². The third kappa shape index (κ3) is 3.91. The van der Waals surface area contributed by atoms with Crippen molar-refractivity contribution < 1.29 is 10.0 Å². The Morgan fingerprint density at radius 2 is 2.24 bits per heavy atom. The standard InChI is InChI=1S/C12H23N3O2/c1-12(2)7-4-3-5-9(12)11(16)14-8-6-10(13)15-17/h9,17H,3-8H2,1-2H3,(H2,13,15)(H,14,16). The molecule has 1 rings (SSSR count). The molecule has 0 aromatic carbocycles. The van der Waals surface area contributed by atoms with E-state index < -0.39 is 0 Å². The van der Waals surface area contributed by atoms with Gasteiger partial charge in [-0.3, -0.25) is 4.79 Å². The van der Waals surface area contributed by atoms with E-state index in [9.17, 15) is 4.79 Å². The molecule has 5 heteroatoms. The van der Waals surface area contributed by atoms with Crippen LogP contribution in [0.3, 0.4) is 0 Å². The highest BCUT2D eigenvalue weighted by molar-refractivity contribution is 5.82. The van der Waals surface area contributed by atoms with E-state index in [4.69, 9.17) is 10.9 Å². The van der Waals surface area contributed by atoms with Crippen molar-refractivity contribution in [3.63, 3.8) is 0 Å². The Balaban J connectivity index is 2.41. The molecule has 17 heavy (non-hydrogen) atoms. The zero-order chi connectivity index (χ0) is 12.9. The van der Waals surface area contributed by atoms with E-state index in [1.165, 1.54) is 6.42 Å². The van der Waals surface area contributed by atoms with Gasteiger partial charge in [-0.15, -0.1) is 0 Å². The molecule has 0 aliphatic heterocycles. The van der Waals surface area contributed by atoms with Crippen LogP contribution in [0.2, 0.25) is 0 Å². The summed E-state index contributed by atoms with van der Waals surface area (Å²) in [5.41, 5.74) is 5.42. The molecule has 0 aromatic heterocycles. The normalized spacial score (nSPS) is 24.4. The summed E-state index contributed by atoms with van der Waals surface area (Å²) < 4.78 is 0. The Labute approximate surface area is 102 Å². The number of nitrogens with two attached hydrogens (primary N) is 1. The Bertz CT molecular complexity index is 300. The SMILES string of the molecule is CC1(C)CCCCC1C(=O)NCCC(N)=NO. The van der Waals surface area contributed by atoms with E-state index in [0.29, 0.717) is 13.0 Å². The zero-order valence-corrected chi connectivity index (χ0v) is 10.7. The Morgan fingerprint density at radius 3 is 2.82 bits per heavy atom. The van der Waals surface area contributed by atoms with Gasteiger partial charge in [0.15, 0.2) is 0 Å². The van der Waals surface area contributed by atoms with Crippen molar-refractivity contribution in [3.8, 4) is 0 Å². The minimum atomic E-state index is 0.0823. The monoisotopic (exact) mass is 241 g/mol. The number of carbonyl (C=O) groups excluding carboxylic acids is 1. The van der Waals surface area contributed by atoms with E-state index in [0.717, 1.165) is 19.3 Å². The quantitative estimate of drug-likeness (QED) is 0.301. The topological polar surface area (TPSA) is 87.7 Å². The van der Waals surface area contributed by atoms with Crippen molar-refractivity contribution in [2.24, 2.45) is 22.2 Å². The maximum Gasteiger partial charge on any atom is 0.223 e. The van der Waals surface area contributed by atoms with Crippen LogP contribution in [0.25, 0.3) is 0 Å². The minimum Gasteiger partial charge on any atom is -0.409 e. The number of nitrogens with one attached hydrogen (secondary N) is 1. The average molecular weight is 241 g/mol. The maximum atomic E-state index is 12.0. The molecule has 0 aromatic rings. The van der Waals surface area contributed by atoms with Crippen molar-refractivity contribution in [3.05, 3.63) is 0 Å². The molecule has 1 atom stereocenters. The number of hydrogen-bond acceptors (Lipinski definition) is 3. The molecule has 0 radical (unpaired) electrons. The number of amides is 1. The van der Waals surface area contributed by atoms with Crippen LogP contribution in [0.5, 0.6) is 0 Å².